The summed E-state index contributed by atoms with van der Waals surface area (Å²) in [6, 6.07) is 11.6. The Morgan fingerprint density at radius 1 is 0.923 bits per heavy atom. The number of hydrogen-bond acceptors (Lipinski definition) is 5. The minimum atomic E-state index is -3.62. The van der Waals surface area contributed by atoms with E-state index in [1.807, 2.05) is 12.1 Å². The third kappa shape index (κ3) is 3.37. The van der Waals surface area contributed by atoms with E-state index in [-0.39, 0.29) is 10.9 Å². The number of methoxy groups -OCH3 is 3. The highest BCUT2D eigenvalue weighted by Gasteiger charge is 2.37. The SMILES string of the molecule is COc1ccc(S(=O)(=O)N2CCC[C@H]2c2cc(OC)ccc2OC)cc1. The van der Waals surface area contributed by atoms with E-state index in [0.29, 0.717) is 23.8 Å². The van der Waals surface area contributed by atoms with E-state index in [1.165, 1.54) is 0 Å². The van der Waals surface area contributed by atoms with Crippen molar-refractivity contribution in [3.05, 3.63) is 48.0 Å². The highest BCUT2D eigenvalue weighted by atomic mass is 32.2. The molecule has 2 aromatic carbocycles. The topological polar surface area (TPSA) is 65.1 Å². The van der Waals surface area contributed by atoms with Gasteiger partial charge in [-0.05, 0) is 55.3 Å². The zero-order valence-electron chi connectivity index (χ0n) is 15.1. The minimum absolute atomic E-state index is 0.257. The van der Waals surface area contributed by atoms with E-state index >= 15 is 0 Å². The van der Waals surface area contributed by atoms with Crippen LogP contribution in [0.25, 0.3) is 0 Å². The Kier molecular flexibility index (Phi) is 5.38. The Labute approximate surface area is 154 Å². The normalized spacial score (nSPS) is 17.9. The first-order valence-electron chi connectivity index (χ1n) is 8.39. The van der Waals surface area contributed by atoms with Crippen LogP contribution < -0.4 is 14.2 Å². The number of sulfonamides is 1. The van der Waals surface area contributed by atoms with Crippen molar-refractivity contribution in [2.45, 2.75) is 23.8 Å². The van der Waals surface area contributed by atoms with E-state index in [4.69, 9.17) is 14.2 Å². The molecule has 2 aromatic rings. The van der Waals surface area contributed by atoms with Crippen LogP contribution in [-0.2, 0) is 10.0 Å². The lowest BCUT2D eigenvalue weighted by Crippen LogP contribution is -2.30. The average Bonchev–Trinajstić information content (AvgIpc) is 3.18. The van der Waals surface area contributed by atoms with Crippen molar-refractivity contribution < 1.29 is 22.6 Å². The number of nitrogens with zero attached hydrogens (tertiary/aromatic N) is 1. The molecule has 0 N–H and O–H groups in total. The molecule has 0 aliphatic carbocycles. The van der Waals surface area contributed by atoms with Crippen LogP contribution in [0.15, 0.2) is 47.4 Å². The van der Waals surface area contributed by atoms with Crippen LogP contribution in [0, 0.1) is 0 Å². The van der Waals surface area contributed by atoms with E-state index in [2.05, 4.69) is 0 Å². The lowest BCUT2D eigenvalue weighted by Gasteiger charge is -2.26. The predicted octanol–water partition coefficient (Wildman–Crippen LogP) is 3.24. The zero-order chi connectivity index (χ0) is 18.7. The maximum Gasteiger partial charge on any atom is 0.243 e. The molecule has 0 saturated carbocycles. The molecule has 26 heavy (non-hydrogen) atoms. The van der Waals surface area contributed by atoms with E-state index in [9.17, 15) is 8.42 Å². The van der Waals surface area contributed by atoms with Gasteiger partial charge in [0.25, 0.3) is 0 Å². The fraction of sp³-hybridized carbons (Fsp3) is 0.368. The van der Waals surface area contributed by atoms with Crippen molar-refractivity contribution in [2.24, 2.45) is 0 Å². The van der Waals surface area contributed by atoms with E-state index < -0.39 is 10.0 Å². The van der Waals surface area contributed by atoms with E-state index in [0.717, 1.165) is 18.4 Å². The molecule has 0 aromatic heterocycles. The molecule has 1 aliphatic rings. The predicted molar refractivity (Wildman–Crippen MR) is 98.4 cm³/mol. The van der Waals surface area contributed by atoms with Gasteiger partial charge in [0.1, 0.15) is 17.2 Å². The third-order valence-electron chi connectivity index (χ3n) is 4.67. The summed E-state index contributed by atoms with van der Waals surface area (Å²) in [6.45, 7) is 0.472. The molecule has 0 unspecified atom stereocenters. The first-order valence-corrected chi connectivity index (χ1v) is 9.83. The molecule has 3 rings (SSSR count). The standard InChI is InChI=1S/C19H23NO5S/c1-23-14-6-9-16(10-7-14)26(21,22)20-12-4-5-18(20)17-13-15(24-2)8-11-19(17)25-3/h6-11,13,18H,4-5,12H2,1-3H3/t18-/m0/s1. The Morgan fingerprint density at radius 2 is 1.58 bits per heavy atom. The third-order valence-corrected chi connectivity index (χ3v) is 6.59. The molecule has 0 spiro atoms. The van der Waals surface area contributed by atoms with Gasteiger partial charge in [0.05, 0.1) is 32.3 Å². The summed E-state index contributed by atoms with van der Waals surface area (Å²) >= 11 is 0. The van der Waals surface area contributed by atoms with E-state index in [1.54, 1.807) is 56.0 Å². The molecule has 6 nitrogen and oxygen atoms in total. The molecule has 1 saturated heterocycles. The minimum Gasteiger partial charge on any atom is -0.497 e. The van der Waals surface area contributed by atoms with Crippen LogP contribution in [0.3, 0.4) is 0 Å². The summed E-state index contributed by atoms with van der Waals surface area (Å²) in [7, 11) is 1.10. The molecule has 0 radical (unpaired) electrons. The summed E-state index contributed by atoms with van der Waals surface area (Å²) in [5.41, 5.74) is 0.821. The zero-order valence-corrected chi connectivity index (χ0v) is 16.0. The molecule has 1 atom stereocenters. The van der Waals surface area contributed by atoms with Gasteiger partial charge in [0.2, 0.25) is 10.0 Å². The number of hydrogen-bond donors (Lipinski definition) is 0. The number of ether oxygens (including phenoxy) is 3. The highest BCUT2D eigenvalue weighted by Crippen LogP contribution is 2.41. The van der Waals surface area contributed by atoms with Gasteiger partial charge >= 0.3 is 0 Å². The Balaban J connectivity index is 1.99. The first kappa shape index (κ1) is 18.5. The molecule has 0 bridgehead atoms. The van der Waals surface area contributed by atoms with Gasteiger partial charge in [0, 0.05) is 12.1 Å². The molecular formula is C19H23NO5S. The first-order chi connectivity index (χ1) is 12.5. The van der Waals surface area contributed by atoms with Crippen molar-refractivity contribution in [1.82, 2.24) is 4.31 Å². The Morgan fingerprint density at radius 3 is 2.19 bits per heavy atom. The molecule has 1 heterocycles. The van der Waals surface area contributed by atoms with Crippen molar-refractivity contribution in [1.29, 1.82) is 0 Å². The van der Waals surface area contributed by atoms with Crippen molar-refractivity contribution in [3.63, 3.8) is 0 Å². The van der Waals surface area contributed by atoms with Crippen LogP contribution in [-0.4, -0.2) is 40.6 Å². The maximum absolute atomic E-state index is 13.2. The van der Waals surface area contributed by atoms with Gasteiger partial charge in [0.15, 0.2) is 0 Å². The van der Waals surface area contributed by atoms with Crippen LogP contribution in [0.4, 0.5) is 0 Å². The second-order valence-corrected chi connectivity index (χ2v) is 7.95. The maximum atomic E-state index is 13.2. The van der Waals surface area contributed by atoms with Crippen molar-refractivity contribution in [2.75, 3.05) is 27.9 Å². The summed E-state index contributed by atoms with van der Waals surface area (Å²) in [5, 5.41) is 0. The second-order valence-electron chi connectivity index (χ2n) is 6.06. The van der Waals surface area contributed by atoms with Crippen LogP contribution in [0.2, 0.25) is 0 Å². The molecule has 1 fully saturated rings. The Bertz CT molecular complexity index is 864. The van der Waals surface area contributed by atoms with Gasteiger partial charge in [-0.15, -0.1) is 0 Å². The average molecular weight is 377 g/mol. The number of rotatable bonds is 6. The van der Waals surface area contributed by atoms with Gasteiger partial charge in [-0.3, -0.25) is 0 Å². The second kappa shape index (κ2) is 7.55. The summed E-state index contributed by atoms with van der Waals surface area (Å²) in [6.07, 6.45) is 1.53. The van der Waals surface area contributed by atoms with Crippen LogP contribution >= 0.6 is 0 Å². The molecule has 7 heteroatoms. The Hall–Kier alpha value is -2.25. The lowest BCUT2D eigenvalue weighted by atomic mass is 10.0. The monoisotopic (exact) mass is 377 g/mol. The van der Waals surface area contributed by atoms with Crippen molar-refractivity contribution >= 4 is 10.0 Å². The number of benzene rings is 2. The largest absolute Gasteiger partial charge is 0.497 e. The van der Waals surface area contributed by atoms with Gasteiger partial charge in [-0.2, -0.15) is 4.31 Å². The summed E-state index contributed by atoms with van der Waals surface area (Å²) in [5.74, 6) is 1.96. The quantitative estimate of drug-likeness (QED) is 0.773. The fourth-order valence-corrected chi connectivity index (χ4v) is 5.00. The van der Waals surface area contributed by atoms with Gasteiger partial charge in [-0.1, -0.05) is 0 Å². The summed E-state index contributed by atoms with van der Waals surface area (Å²) < 4.78 is 43.8. The van der Waals surface area contributed by atoms with Crippen LogP contribution in [0.1, 0.15) is 24.4 Å². The summed E-state index contributed by atoms with van der Waals surface area (Å²) in [4.78, 5) is 0.257. The van der Waals surface area contributed by atoms with Crippen LogP contribution in [0.5, 0.6) is 17.2 Å². The molecule has 0 amide bonds. The molecular weight excluding hydrogens is 354 g/mol. The van der Waals surface area contributed by atoms with Gasteiger partial charge in [-0.25, -0.2) is 8.42 Å². The smallest absolute Gasteiger partial charge is 0.243 e. The van der Waals surface area contributed by atoms with Gasteiger partial charge < -0.3 is 14.2 Å². The fourth-order valence-electron chi connectivity index (χ4n) is 3.32. The molecule has 1 aliphatic heterocycles. The highest BCUT2D eigenvalue weighted by molar-refractivity contribution is 7.89. The van der Waals surface area contributed by atoms with Crippen molar-refractivity contribution in [3.8, 4) is 17.2 Å². The molecule has 140 valence electrons. The lowest BCUT2D eigenvalue weighted by molar-refractivity contribution is 0.361.